The van der Waals surface area contributed by atoms with Crippen LogP contribution in [0.1, 0.15) is 12.5 Å². The van der Waals surface area contributed by atoms with Gasteiger partial charge in [-0.3, -0.25) is 0 Å². The molecule has 1 aliphatic rings. The van der Waals surface area contributed by atoms with Crippen LogP contribution in [0.3, 0.4) is 0 Å². The maximum atomic E-state index is 6.01. The monoisotopic (exact) mass is 358 g/mol. The van der Waals surface area contributed by atoms with Crippen LogP contribution >= 0.6 is 23.8 Å². The molecule has 4 rings (SSSR count). The minimum Gasteiger partial charge on any atom is -0.436 e. The standard InChI is InChI=1S/C18H15ClN2O2S/c1-18(10-22-9-16(24)21-18)12-4-2-3-11(7-12)17-20-14-6-5-13(19)8-15(14)23-17/h2-8H,9-10H2,1H3,(H,21,24)/t18-/m1/s1. The lowest BCUT2D eigenvalue weighted by Gasteiger charge is -2.36. The fourth-order valence-electron chi connectivity index (χ4n) is 2.90. The Bertz CT molecular complexity index is 940. The number of hydrogen-bond donors (Lipinski definition) is 1. The summed E-state index contributed by atoms with van der Waals surface area (Å²) in [6, 6.07) is 13.5. The highest BCUT2D eigenvalue weighted by Crippen LogP contribution is 2.30. The van der Waals surface area contributed by atoms with Crippen molar-refractivity contribution in [2.45, 2.75) is 12.5 Å². The first-order chi connectivity index (χ1) is 11.5. The van der Waals surface area contributed by atoms with Gasteiger partial charge in [0.05, 0.1) is 18.8 Å². The normalized spacial score (nSPS) is 21.0. The molecule has 2 aromatic carbocycles. The number of rotatable bonds is 2. The van der Waals surface area contributed by atoms with Gasteiger partial charge in [-0.25, -0.2) is 4.98 Å². The van der Waals surface area contributed by atoms with E-state index in [0.717, 1.165) is 16.6 Å². The van der Waals surface area contributed by atoms with Crippen LogP contribution < -0.4 is 5.32 Å². The fraction of sp³-hybridized carbons (Fsp3) is 0.222. The quantitative estimate of drug-likeness (QED) is 0.692. The molecule has 0 bridgehead atoms. The predicted octanol–water partition coefficient (Wildman–Crippen LogP) is 4.31. The number of nitrogens with zero attached hydrogens (tertiary/aromatic N) is 1. The van der Waals surface area contributed by atoms with Crippen molar-refractivity contribution in [3.8, 4) is 11.5 Å². The fourth-order valence-corrected chi connectivity index (χ4v) is 3.37. The van der Waals surface area contributed by atoms with Crippen molar-refractivity contribution >= 4 is 39.9 Å². The van der Waals surface area contributed by atoms with Crippen molar-refractivity contribution in [3.63, 3.8) is 0 Å². The SMILES string of the molecule is C[C@]1(c2cccc(-c3nc4ccc(Cl)cc4o3)c2)COCC(=S)N1. The number of fused-ring (bicyclic) bond motifs is 1. The van der Waals surface area contributed by atoms with Gasteiger partial charge in [-0.15, -0.1) is 0 Å². The van der Waals surface area contributed by atoms with Crippen LogP contribution in [0.5, 0.6) is 0 Å². The lowest BCUT2D eigenvalue weighted by molar-refractivity contribution is 0.0875. The number of halogens is 1. The van der Waals surface area contributed by atoms with E-state index in [-0.39, 0.29) is 5.54 Å². The van der Waals surface area contributed by atoms with E-state index >= 15 is 0 Å². The summed E-state index contributed by atoms with van der Waals surface area (Å²) in [5.41, 5.74) is 3.07. The maximum absolute atomic E-state index is 6.01. The molecule has 1 aromatic heterocycles. The van der Waals surface area contributed by atoms with E-state index in [9.17, 15) is 0 Å². The Morgan fingerprint density at radius 3 is 2.96 bits per heavy atom. The van der Waals surface area contributed by atoms with Crippen molar-refractivity contribution < 1.29 is 9.15 Å². The van der Waals surface area contributed by atoms with Crippen LogP contribution in [0.15, 0.2) is 46.9 Å². The minimum atomic E-state index is -0.360. The molecule has 0 radical (unpaired) electrons. The number of benzene rings is 2. The molecule has 0 unspecified atom stereocenters. The molecule has 4 nitrogen and oxygen atoms in total. The van der Waals surface area contributed by atoms with E-state index in [1.165, 1.54) is 0 Å². The molecule has 1 saturated heterocycles. The zero-order valence-electron chi connectivity index (χ0n) is 13.0. The number of aromatic nitrogens is 1. The van der Waals surface area contributed by atoms with E-state index in [1.54, 1.807) is 12.1 Å². The third kappa shape index (κ3) is 2.79. The summed E-state index contributed by atoms with van der Waals surface area (Å²) in [5, 5.41) is 3.99. The van der Waals surface area contributed by atoms with Crippen LogP contribution in [0.4, 0.5) is 0 Å². The molecule has 1 fully saturated rings. The van der Waals surface area contributed by atoms with Crippen LogP contribution in [0.2, 0.25) is 5.02 Å². The predicted molar refractivity (Wildman–Crippen MR) is 98.4 cm³/mol. The number of oxazole rings is 1. The van der Waals surface area contributed by atoms with Crippen LogP contribution in [0, 0.1) is 0 Å². The number of nitrogens with one attached hydrogen (secondary N) is 1. The van der Waals surface area contributed by atoms with Crippen LogP contribution in [-0.4, -0.2) is 23.2 Å². The molecule has 0 saturated carbocycles. The van der Waals surface area contributed by atoms with E-state index < -0.39 is 0 Å². The third-order valence-electron chi connectivity index (χ3n) is 4.14. The van der Waals surface area contributed by atoms with Gasteiger partial charge >= 0.3 is 0 Å². The number of thiocarbonyl (C=S) groups is 1. The average molecular weight is 359 g/mol. The van der Waals surface area contributed by atoms with E-state index in [4.69, 9.17) is 33.0 Å². The largest absolute Gasteiger partial charge is 0.436 e. The first kappa shape index (κ1) is 15.6. The first-order valence-corrected chi connectivity index (χ1v) is 8.38. The summed E-state index contributed by atoms with van der Waals surface area (Å²) in [4.78, 5) is 5.26. The van der Waals surface area contributed by atoms with Gasteiger partial charge in [-0.2, -0.15) is 0 Å². The Morgan fingerprint density at radius 2 is 2.12 bits per heavy atom. The van der Waals surface area contributed by atoms with E-state index in [2.05, 4.69) is 23.3 Å². The molecule has 24 heavy (non-hydrogen) atoms. The maximum Gasteiger partial charge on any atom is 0.227 e. The molecule has 1 atom stereocenters. The van der Waals surface area contributed by atoms with Gasteiger partial charge in [0.2, 0.25) is 5.89 Å². The van der Waals surface area contributed by atoms with Crippen molar-refractivity contribution in [2.75, 3.05) is 13.2 Å². The van der Waals surface area contributed by atoms with Gasteiger partial charge < -0.3 is 14.5 Å². The summed E-state index contributed by atoms with van der Waals surface area (Å²) in [7, 11) is 0. The number of hydrogen-bond acceptors (Lipinski definition) is 4. The highest BCUT2D eigenvalue weighted by atomic mass is 35.5. The van der Waals surface area contributed by atoms with Crippen LogP contribution in [-0.2, 0) is 10.3 Å². The Morgan fingerprint density at radius 1 is 1.25 bits per heavy atom. The van der Waals surface area contributed by atoms with Gasteiger partial charge in [-0.1, -0.05) is 36.0 Å². The number of ether oxygens (including phenoxy) is 1. The average Bonchev–Trinajstić information content (AvgIpc) is 2.98. The Kier molecular flexibility index (Phi) is 3.79. The molecular formula is C18H15ClN2O2S. The smallest absolute Gasteiger partial charge is 0.227 e. The molecule has 3 aromatic rings. The zero-order valence-corrected chi connectivity index (χ0v) is 14.6. The van der Waals surface area contributed by atoms with Crippen molar-refractivity contribution in [1.82, 2.24) is 10.3 Å². The Labute approximate surface area is 149 Å². The molecule has 122 valence electrons. The Balaban J connectivity index is 1.75. The molecule has 0 aliphatic carbocycles. The summed E-state index contributed by atoms with van der Waals surface area (Å²) in [6.07, 6.45) is 0. The highest BCUT2D eigenvalue weighted by Gasteiger charge is 2.31. The molecule has 0 spiro atoms. The molecule has 1 aliphatic heterocycles. The van der Waals surface area contributed by atoms with E-state index in [1.807, 2.05) is 24.3 Å². The molecular weight excluding hydrogens is 344 g/mol. The second kappa shape index (κ2) is 5.84. The molecule has 1 N–H and O–H groups in total. The summed E-state index contributed by atoms with van der Waals surface area (Å²) >= 11 is 11.3. The zero-order chi connectivity index (χ0) is 16.7. The van der Waals surface area contributed by atoms with Gasteiger partial charge in [0.25, 0.3) is 0 Å². The minimum absolute atomic E-state index is 0.360. The van der Waals surface area contributed by atoms with E-state index in [0.29, 0.717) is 34.7 Å². The van der Waals surface area contributed by atoms with Gasteiger partial charge in [0.1, 0.15) is 10.5 Å². The third-order valence-corrected chi connectivity index (χ3v) is 4.59. The molecule has 2 heterocycles. The summed E-state index contributed by atoms with van der Waals surface area (Å²) in [5.74, 6) is 0.567. The number of morpholine rings is 1. The molecule has 0 amide bonds. The van der Waals surface area contributed by atoms with Crippen molar-refractivity contribution in [2.24, 2.45) is 0 Å². The van der Waals surface area contributed by atoms with Crippen molar-refractivity contribution in [1.29, 1.82) is 0 Å². The van der Waals surface area contributed by atoms with Crippen LogP contribution in [0.25, 0.3) is 22.6 Å². The highest BCUT2D eigenvalue weighted by molar-refractivity contribution is 7.80. The molecule has 6 heteroatoms. The summed E-state index contributed by atoms with van der Waals surface area (Å²) < 4.78 is 11.5. The lowest BCUT2D eigenvalue weighted by atomic mass is 9.90. The lowest BCUT2D eigenvalue weighted by Crippen LogP contribution is -2.52. The van der Waals surface area contributed by atoms with Gasteiger partial charge in [-0.05, 0) is 36.8 Å². The summed E-state index contributed by atoms with van der Waals surface area (Å²) in [6.45, 7) is 3.10. The second-order valence-electron chi connectivity index (χ2n) is 6.08. The Hall–Kier alpha value is -1.95. The first-order valence-electron chi connectivity index (χ1n) is 7.59. The van der Waals surface area contributed by atoms with Gasteiger partial charge in [0.15, 0.2) is 5.58 Å². The topological polar surface area (TPSA) is 47.3 Å². The second-order valence-corrected chi connectivity index (χ2v) is 7.01. The van der Waals surface area contributed by atoms with Crippen molar-refractivity contribution in [3.05, 3.63) is 53.1 Å². The van der Waals surface area contributed by atoms with Gasteiger partial charge in [0, 0.05) is 16.7 Å².